The van der Waals surface area contributed by atoms with Crippen molar-refractivity contribution in [3.05, 3.63) is 35.4 Å². The molecule has 4 heteroatoms. The standard InChI is InChI=1S/C9H10FNO2/c10-5-7-2-1-3-8(4-7)6-13-9(11)12/h1-4H,5-6H2,(H2,11,12). The molecule has 0 unspecified atom stereocenters. The number of alkyl halides is 1. The van der Waals surface area contributed by atoms with Gasteiger partial charge in [0.1, 0.15) is 13.3 Å². The minimum absolute atomic E-state index is 0.0865. The Hall–Kier alpha value is -1.58. The van der Waals surface area contributed by atoms with Gasteiger partial charge in [-0.2, -0.15) is 0 Å². The Labute approximate surface area is 75.3 Å². The minimum atomic E-state index is -0.828. The molecule has 1 amide bonds. The lowest BCUT2D eigenvalue weighted by Crippen LogP contribution is -2.12. The molecule has 0 saturated heterocycles. The number of ether oxygens (including phenoxy) is 1. The van der Waals surface area contributed by atoms with E-state index < -0.39 is 12.8 Å². The topological polar surface area (TPSA) is 52.3 Å². The third-order valence-electron chi connectivity index (χ3n) is 1.53. The largest absolute Gasteiger partial charge is 0.445 e. The Morgan fingerprint density at radius 1 is 1.46 bits per heavy atom. The van der Waals surface area contributed by atoms with Gasteiger partial charge in [-0.1, -0.05) is 18.2 Å². The Bertz CT molecular complexity index is 301. The summed E-state index contributed by atoms with van der Waals surface area (Å²) in [5, 5.41) is 0. The average molecular weight is 183 g/mol. The minimum Gasteiger partial charge on any atom is -0.445 e. The van der Waals surface area contributed by atoms with E-state index in [4.69, 9.17) is 5.73 Å². The van der Waals surface area contributed by atoms with Crippen LogP contribution in [0.1, 0.15) is 11.1 Å². The van der Waals surface area contributed by atoms with Crippen molar-refractivity contribution in [2.75, 3.05) is 0 Å². The number of primary amides is 1. The van der Waals surface area contributed by atoms with Crippen LogP contribution in [0.3, 0.4) is 0 Å². The number of amides is 1. The lowest BCUT2D eigenvalue weighted by atomic mass is 10.1. The van der Waals surface area contributed by atoms with Crippen molar-refractivity contribution in [1.82, 2.24) is 0 Å². The SMILES string of the molecule is NC(=O)OCc1cccc(CF)c1. The van der Waals surface area contributed by atoms with Crippen molar-refractivity contribution in [3.63, 3.8) is 0 Å². The Morgan fingerprint density at radius 2 is 2.15 bits per heavy atom. The normalized spacial score (nSPS) is 9.62. The van der Waals surface area contributed by atoms with E-state index in [-0.39, 0.29) is 6.61 Å². The number of benzene rings is 1. The number of nitrogens with two attached hydrogens (primary N) is 1. The first kappa shape index (κ1) is 9.51. The molecular formula is C9H10FNO2. The van der Waals surface area contributed by atoms with E-state index in [1.165, 1.54) is 0 Å². The van der Waals surface area contributed by atoms with Crippen molar-refractivity contribution in [2.24, 2.45) is 5.73 Å². The number of halogens is 1. The van der Waals surface area contributed by atoms with Crippen molar-refractivity contribution in [1.29, 1.82) is 0 Å². The lowest BCUT2D eigenvalue weighted by Gasteiger charge is -2.02. The van der Waals surface area contributed by atoms with E-state index in [0.29, 0.717) is 5.56 Å². The van der Waals surface area contributed by atoms with Crippen LogP contribution >= 0.6 is 0 Å². The molecule has 0 atom stereocenters. The summed E-state index contributed by atoms with van der Waals surface area (Å²) in [5.74, 6) is 0. The van der Waals surface area contributed by atoms with Gasteiger partial charge in [0.15, 0.2) is 0 Å². The van der Waals surface area contributed by atoms with Gasteiger partial charge in [0.2, 0.25) is 0 Å². The molecule has 0 aliphatic heterocycles. The third-order valence-corrected chi connectivity index (χ3v) is 1.53. The molecule has 0 fully saturated rings. The highest BCUT2D eigenvalue weighted by Gasteiger charge is 1.98. The number of rotatable bonds is 3. The fourth-order valence-electron chi connectivity index (χ4n) is 0.957. The highest BCUT2D eigenvalue weighted by molar-refractivity contribution is 5.64. The molecule has 0 aliphatic carbocycles. The zero-order chi connectivity index (χ0) is 9.68. The monoisotopic (exact) mass is 183 g/mol. The van der Waals surface area contributed by atoms with Crippen LogP contribution in [0.2, 0.25) is 0 Å². The summed E-state index contributed by atoms with van der Waals surface area (Å²) in [4.78, 5) is 10.3. The molecule has 1 aromatic carbocycles. The second kappa shape index (κ2) is 4.45. The van der Waals surface area contributed by atoms with Crippen LogP contribution in [0, 0.1) is 0 Å². The molecule has 1 aromatic rings. The quantitative estimate of drug-likeness (QED) is 0.776. The molecule has 0 aromatic heterocycles. The highest BCUT2D eigenvalue weighted by atomic mass is 19.1. The molecule has 0 radical (unpaired) electrons. The van der Waals surface area contributed by atoms with Gasteiger partial charge in [-0.05, 0) is 17.2 Å². The predicted molar refractivity (Wildman–Crippen MR) is 45.6 cm³/mol. The molecule has 0 saturated carbocycles. The molecular weight excluding hydrogens is 173 g/mol. The zero-order valence-electron chi connectivity index (χ0n) is 7.00. The van der Waals surface area contributed by atoms with E-state index >= 15 is 0 Å². The molecule has 0 aliphatic rings. The fraction of sp³-hybridized carbons (Fsp3) is 0.222. The second-order valence-corrected chi connectivity index (χ2v) is 2.56. The predicted octanol–water partition coefficient (Wildman–Crippen LogP) is 1.75. The van der Waals surface area contributed by atoms with Gasteiger partial charge in [-0.15, -0.1) is 0 Å². The van der Waals surface area contributed by atoms with E-state index in [2.05, 4.69) is 4.74 Å². The van der Waals surface area contributed by atoms with Gasteiger partial charge < -0.3 is 10.5 Å². The number of hydrogen-bond acceptors (Lipinski definition) is 2. The van der Waals surface area contributed by atoms with Crippen molar-refractivity contribution >= 4 is 6.09 Å². The van der Waals surface area contributed by atoms with Crippen LogP contribution < -0.4 is 5.73 Å². The maximum Gasteiger partial charge on any atom is 0.404 e. The highest BCUT2D eigenvalue weighted by Crippen LogP contribution is 2.07. The van der Waals surface area contributed by atoms with E-state index in [1.54, 1.807) is 24.3 Å². The third kappa shape index (κ3) is 3.11. The maximum absolute atomic E-state index is 12.2. The Balaban J connectivity index is 2.61. The van der Waals surface area contributed by atoms with Gasteiger partial charge in [0, 0.05) is 0 Å². The van der Waals surface area contributed by atoms with Crippen LogP contribution in [0.15, 0.2) is 24.3 Å². The van der Waals surface area contributed by atoms with Crippen molar-refractivity contribution in [2.45, 2.75) is 13.3 Å². The van der Waals surface area contributed by atoms with Gasteiger partial charge in [0.25, 0.3) is 0 Å². The van der Waals surface area contributed by atoms with E-state index in [1.807, 2.05) is 0 Å². The van der Waals surface area contributed by atoms with E-state index in [0.717, 1.165) is 5.56 Å². The van der Waals surface area contributed by atoms with Crippen LogP contribution in [-0.2, 0) is 18.0 Å². The molecule has 13 heavy (non-hydrogen) atoms. The lowest BCUT2D eigenvalue weighted by molar-refractivity contribution is 0.150. The van der Waals surface area contributed by atoms with Gasteiger partial charge in [0.05, 0.1) is 0 Å². The number of carbonyl (C=O) groups is 1. The molecule has 1 rings (SSSR count). The first-order chi connectivity index (χ1) is 6.22. The van der Waals surface area contributed by atoms with Gasteiger partial charge in [-0.3, -0.25) is 0 Å². The summed E-state index contributed by atoms with van der Waals surface area (Å²) in [6.07, 6.45) is -0.828. The molecule has 0 spiro atoms. The van der Waals surface area contributed by atoms with Crippen molar-refractivity contribution < 1.29 is 13.9 Å². The number of hydrogen-bond donors (Lipinski definition) is 1. The first-order valence-corrected chi connectivity index (χ1v) is 3.78. The smallest absolute Gasteiger partial charge is 0.404 e. The molecule has 0 heterocycles. The van der Waals surface area contributed by atoms with Gasteiger partial charge in [-0.25, -0.2) is 9.18 Å². The summed E-state index contributed by atoms with van der Waals surface area (Å²) in [5.41, 5.74) is 6.07. The summed E-state index contributed by atoms with van der Waals surface area (Å²) in [6, 6.07) is 6.73. The summed E-state index contributed by atoms with van der Waals surface area (Å²) in [7, 11) is 0. The zero-order valence-corrected chi connectivity index (χ0v) is 7.00. The van der Waals surface area contributed by atoms with E-state index in [9.17, 15) is 9.18 Å². The molecule has 70 valence electrons. The fourth-order valence-corrected chi connectivity index (χ4v) is 0.957. The first-order valence-electron chi connectivity index (χ1n) is 3.78. The van der Waals surface area contributed by atoms with Crippen LogP contribution in [-0.4, -0.2) is 6.09 Å². The van der Waals surface area contributed by atoms with Crippen molar-refractivity contribution in [3.8, 4) is 0 Å². The Kier molecular flexibility index (Phi) is 3.25. The molecule has 0 bridgehead atoms. The maximum atomic E-state index is 12.2. The summed E-state index contributed by atoms with van der Waals surface area (Å²) < 4.78 is 16.7. The molecule has 3 nitrogen and oxygen atoms in total. The van der Waals surface area contributed by atoms with Gasteiger partial charge >= 0.3 is 6.09 Å². The number of carbonyl (C=O) groups excluding carboxylic acids is 1. The van der Waals surface area contributed by atoms with Crippen LogP contribution in [0.4, 0.5) is 9.18 Å². The Morgan fingerprint density at radius 3 is 2.77 bits per heavy atom. The summed E-state index contributed by atoms with van der Waals surface area (Å²) >= 11 is 0. The average Bonchev–Trinajstić information content (AvgIpc) is 2.15. The second-order valence-electron chi connectivity index (χ2n) is 2.56. The summed E-state index contributed by atoms with van der Waals surface area (Å²) in [6.45, 7) is -0.437. The molecule has 2 N–H and O–H groups in total. The van der Waals surface area contributed by atoms with Crippen LogP contribution in [0.25, 0.3) is 0 Å². The van der Waals surface area contributed by atoms with Crippen LogP contribution in [0.5, 0.6) is 0 Å².